The van der Waals surface area contributed by atoms with Crippen LogP contribution in [-0.4, -0.2) is 45.0 Å². The monoisotopic (exact) mass is 460 g/mol. The Kier molecular flexibility index (Phi) is 5.77. The van der Waals surface area contributed by atoms with E-state index in [1.165, 1.54) is 28.3 Å². The molecule has 8 atom stereocenters. The smallest absolute Gasteiger partial charge is 0.311 e. The Morgan fingerprint density at radius 1 is 0.909 bits per heavy atom. The van der Waals surface area contributed by atoms with Crippen LogP contribution in [0.2, 0.25) is 0 Å². The standard InChI is InChI=1S/C26H36O7/c1-14(27)16-13-26-11-8-17-24(2,9-7-10-25(17,3)23(30)33-6)18(26)12-15(16)19(21(28)31-4)20(26)22(29)32-5/h13,15,17-20H,7-12H2,1-6H3/t15-,17-,18-,19-,20+,24-,25+,26+/m0/s1. The first-order valence-corrected chi connectivity index (χ1v) is 12.0. The van der Waals surface area contributed by atoms with Crippen molar-refractivity contribution in [1.29, 1.82) is 0 Å². The van der Waals surface area contributed by atoms with Gasteiger partial charge in [0.2, 0.25) is 0 Å². The minimum atomic E-state index is -0.738. The Hall–Kier alpha value is -2.18. The second-order valence-electron chi connectivity index (χ2n) is 11.1. The number of esters is 3. The molecule has 5 aliphatic rings. The number of methoxy groups -OCH3 is 3. The molecule has 3 saturated carbocycles. The van der Waals surface area contributed by atoms with Crippen molar-refractivity contribution in [2.24, 2.45) is 45.8 Å². The van der Waals surface area contributed by atoms with Crippen LogP contribution in [0.15, 0.2) is 11.6 Å². The number of hydrogen-bond donors (Lipinski definition) is 0. The molecule has 2 bridgehead atoms. The van der Waals surface area contributed by atoms with Crippen LogP contribution in [0.4, 0.5) is 0 Å². The molecule has 0 N–H and O–H groups in total. The van der Waals surface area contributed by atoms with E-state index >= 15 is 0 Å². The van der Waals surface area contributed by atoms with Crippen molar-refractivity contribution in [3.8, 4) is 0 Å². The minimum Gasteiger partial charge on any atom is -0.469 e. The summed E-state index contributed by atoms with van der Waals surface area (Å²) in [6.45, 7) is 5.79. The molecule has 0 unspecified atom stereocenters. The van der Waals surface area contributed by atoms with Crippen LogP contribution >= 0.6 is 0 Å². The molecule has 7 nitrogen and oxygen atoms in total. The SMILES string of the molecule is COC(=O)[C@H]1[C@H]2C[C@H]3[C@@]4(C)CCC[C@@](C)(C(=O)OC)[C@H]4CC[C@]3(C=C2C(C)=O)[C@H]1C(=O)OC. The lowest BCUT2D eigenvalue weighted by molar-refractivity contribution is -0.209. The molecule has 0 saturated heterocycles. The number of carbonyl (C=O) groups excluding carboxylic acids is 4. The number of hydrogen-bond acceptors (Lipinski definition) is 7. The predicted octanol–water partition coefficient (Wildman–Crippen LogP) is 3.50. The number of fused-ring (bicyclic) bond motifs is 2. The fourth-order valence-electron chi connectivity index (χ4n) is 8.74. The summed E-state index contributed by atoms with van der Waals surface area (Å²) in [4.78, 5) is 51.8. The predicted molar refractivity (Wildman–Crippen MR) is 119 cm³/mol. The van der Waals surface area contributed by atoms with Crippen molar-refractivity contribution in [3.05, 3.63) is 11.6 Å². The van der Waals surface area contributed by atoms with Crippen molar-refractivity contribution >= 4 is 23.7 Å². The highest BCUT2D eigenvalue weighted by molar-refractivity contribution is 5.97. The Bertz CT molecular complexity index is 922. The van der Waals surface area contributed by atoms with Crippen LogP contribution in [0.3, 0.4) is 0 Å². The summed E-state index contributed by atoms with van der Waals surface area (Å²) in [6.07, 6.45) is 6.58. The lowest BCUT2D eigenvalue weighted by Gasteiger charge is -2.68. The van der Waals surface area contributed by atoms with E-state index in [2.05, 4.69) is 6.92 Å². The molecular weight excluding hydrogens is 424 g/mol. The van der Waals surface area contributed by atoms with Gasteiger partial charge < -0.3 is 14.2 Å². The first-order chi connectivity index (χ1) is 15.5. The van der Waals surface area contributed by atoms with Gasteiger partial charge in [-0.25, -0.2) is 0 Å². The minimum absolute atomic E-state index is 0.0473. The molecule has 0 aromatic heterocycles. The van der Waals surface area contributed by atoms with Gasteiger partial charge in [-0.15, -0.1) is 0 Å². The molecule has 5 aliphatic carbocycles. The van der Waals surface area contributed by atoms with Gasteiger partial charge in [0, 0.05) is 11.3 Å². The first kappa shape index (κ1) is 24.0. The Morgan fingerprint density at radius 3 is 2.15 bits per heavy atom. The van der Waals surface area contributed by atoms with E-state index in [0.29, 0.717) is 24.8 Å². The molecule has 0 aliphatic heterocycles. The molecule has 7 heteroatoms. The van der Waals surface area contributed by atoms with E-state index in [4.69, 9.17) is 14.2 Å². The highest BCUT2D eigenvalue weighted by Crippen LogP contribution is 2.73. The molecule has 3 fully saturated rings. The van der Waals surface area contributed by atoms with Crippen LogP contribution in [0.5, 0.6) is 0 Å². The van der Waals surface area contributed by atoms with Gasteiger partial charge in [0.25, 0.3) is 0 Å². The fraction of sp³-hybridized carbons (Fsp3) is 0.769. The largest absolute Gasteiger partial charge is 0.469 e. The van der Waals surface area contributed by atoms with Gasteiger partial charge in [0.05, 0.1) is 38.6 Å². The molecule has 0 aromatic rings. The Labute approximate surface area is 195 Å². The number of Topliss-reactive ketones (excluding diaryl/α,β-unsaturated/α-hetero) is 1. The van der Waals surface area contributed by atoms with E-state index < -0.39 is 40.5 Å². The molecule has 33 heavy (non-hydrogen) atoms. The number of rotatable bonds is 4. The fourth-order valence-corrected chi connectivity index (χ4v) is 8.74. The van der Waals surface area contributed by atoms with Crippen molar-refractivity contribution < 1.29 is 33.4 Å². The van der Waals surface area contributed by atoms with Gasteiger partial charge in [-0.1, -0.05) is 19.4 Å². The molecule has 0 amide bonds. The number of ketones is 1. The van der Waals surface area contributed by atoms with Crippen LogP contribution in [0.1, 0.15) is 59.3 Å². The highest BCUT2D eigenvalue weighted by Gasteiger charge is 2.71. The Morgan fingerprint density at radius 2 is 1.58 bits per heavy atom. The van der Waals surface area contributed by atoms with Gasteiger partial charge in [-0.3, -0.25) is 19.2 Å². The summed E-state index contributed by atoms with van der Waals surface area (Å²) in [5.41, 5.74) is -0.865. The van der Waals surface area contributed by atoms with Crippen LogP contribution in [0, 0.1) is 45.8 Å². The van der Waals surface area contributed by atoms with Gasteiger partial charge >= 0.3 is 17.9 Å². The quantitative estimate of drug-likeness (QED) is 0.468. The first-order valence-electron chi connectivity index (χ1n) is 12.0. The van der Waals surface area contributed by atoms with Crippen molar-refractivity contribution in [2.75, 3.05) is 21.3 Å². The third kappa shape index (κ3) is 3.06. The van der Waals surface area contributed by atoms with Crippen LogP contribution in [-0.2, 0) is 33.4 Å². The third-order valence-electron chi connectivity index (χ3n) is 9.96. The topological polar surface area (TPSA) is 96.0 Å². The number of ether oxygens (including phenoxy) is 3. The highest BCUT2D eigenvalue weighted by atomic mass is 16.5. The average molecular weight is 461 g/mol. The van der Waals surface area contributed by atoms with Crippen LogP contribution in [0.25, 0.3) is 0 Å². The second kappa shape index (κ2) is 7.95. The van der Waals surface area contributed by atoms with E-state index in [-0.39, 0.29) is 29.0 Å². The van der Waals surface area contributed by atoms with E-state index in [1.807, 2.05) is 13.0 Å². The third-order valence-corrected chi connectivity index (χ3v) is 9.96. The maximum Gasteiger partial charge on any atom is 0.311 e. The zero-order valence-electron chi connectivity index (χ0n) is 20.6. The summed E-state index contributed by atoms with van der Waals surface area (Å²) in [6, 6.07) is 0. The van der Waals surface area contributed by atoms with Gasteiger partial charge in [0.1, 0.15) is 0 Å². The van der Waals surface area contributed by atoms with E-state index in [9.17, 15) is 19.2 Å². The number of carbonyl (C=O) groups is 4. The zero-order chi connectivity index (χ0) is 24.3. The van der Waals surface area contributed by atoms with Crippen molar-refractivity contribution in [1.82, 2.24) is 0 Å². The van der Waals surface area contributed by atoms with Crippen molar-refractivity contribution in [2.45, 2.75) is 59.3 Å². The molecule has 0 heterocycles. The Balaban J connectivity index is 1.90. The molecule has 0 aromatic carbocycles. The molecule has 5 rings (SSSR count). The van der Waals surface area contributed by atoms with Gasteiger partial charge in [0.15, 0.2) is 5.78 Å². The molecule has 1 spiro atoms. The van der Waals surface area contributed by atoms with Crippen molar-refractivity contribution in [3.63, 3.8) is 0 Å². The number of allylic oxidation sites excluding steroid dienone is 2. The summed E-state index contributed by atoms with van der Waals surface area (Å²) < 4.78 is 15.6. The zero-order valence-corrected chi connectivity index (χ0v) is 20.6. The maximum atomic E-state index is 13.2. The normalized spacial score (nSPS) is 43.5. The van der Waals surface area contributed by atoms with Gasteiger partial charge in [-0.05, 0) is 68.8 Å². The molecular formula is C26H36O7. The lowest BCUT2D eigenvalue weighted by atomic mass is 9.34. The van der Waals surface area contributed by atoms with Crippen LogP contribution < -0.4 is 0 Å². The summed E-state index contributed by atoms with van der Waals surface area (Å²) in [5.74, 6) is -2.81. The lowest BCUT2D eigenvalue weighted by Crippen LogP contribution is -2.66. The maximum absolute atomic E-state index is 13.2. The summed E-state index contributed by atoms with van der Waals surface area (Å²) in [5, 5.41) is 0. The molecule has 0 radical (unpaired) electrons. The van der Waals surface area contributed by atoms with E-state index in [1.54, 1.807) is 0 Å². The molecule has 182 valence electrons. The van der Waals surface area contributed by atoms with Gasteiger partial charge in [-0.2, -0.15) is 0 Å². The van der Waals surface area contributed by atoms with E-state index in [0.717, 1.165) is 19.3 Å². The second-order valence-corrected chi connectivity index (χ2v) is 11.1. The average Bonchev–Trinajstić information content (AvgIpc) is 2.80. The summed E-state index contributed by atoms with van der Waals surface area (Å²) >= 11 is 0. The summed E-state index contributed by atoms with van der Waals surface area (Å²) in [7, 11) is 4.12.